The standard InChI is InChI=1S/C13H15NO2/c1-9-14-11-4-3-10(7-12(11)16-9)13(8-15)5-2-6-13/h3-4,7,15H,2,5-6,8H2,1H3. The summed E-state index contributed by atoms with van der Waals surface area (Å²) in [5, 5.41) is 9.52. The third-order valence-electron chi connectivity index (χ3n) is 3.72. The molecule has 1 aliphatic carbocycles. The molecule has 1 aromatic carbocycles. The number of hydrogen-bond acceptors (Lipinski definition) is 3. The van der Waals surface area contributed by atoms with Crippen LogP contribution in [0.15, 0.2) is 22.6 Å². The smallest absolute Gasteiger partial charge is 0.192 e. The number of aliphatic hydroxyl groups is 1. The lowest BCUT2D eigenvalue weighted by Crippen LogP contribution is -2.37. The van der Waals surface area contributed by atoms with Crippen molar-refractivity contribution >= 4 is 11.1 Å². The highest BCUT2D eigenvalue weighted by molar-refractivity contribution is 5.73. The van der Waals surface area contributed by atoms with Crippen molar-refractivity contribution in [3.8, 4) is 0 Å². The van der Waals surface area contributed by atoms with Gasteiger partial charge in [0.15, 0.2) is 11.5 Å². The van der Waals surface area contributed by atoms with Crippen molar-refractivity contribution in [3.63, 3.8) is 0 Å². The first-order valence-electron chi connectivity index (χ1n) is 5.72. The first-order chi connectivity index (χ1) is 7.73. The molecule has 0 bridgehead atoms. The minimum Gasteiger partial charge on any atom is -0.441 e. The van der Waals surface area contributed by atoms with E-state index < -0.39 is 0 Å². The number of aryl methyl sites for hydroxylation is 1. The Balaban J connectivity index is 2.10. The molecule has 3 heteroatoms. The van der Waals surface area contributed by atoms with Crippen LogP contribution in [-0.2, 0) is 5.41 Å². The average Bonchev–Trinajstić information content (AvgIpc) is 2.56. The van der Waals surface area contributed by atoms with E-state index in [1.807, 2.05) is 19.1 Å². The van der Waals surface area contributed by atoms with Crippen molar-refractivity contribution in [1.82, 2.24) is 4.98 Å². The summed E-state index contributed by atoms with van der Waals surface area (Å²) in [6, 6.07) is 6.08. The van der Waals surface area contributed by atoms with E-state index in [4.69, 9.17) is 4.42 Å². The van der Waals surface area contributed by atoms with Crippen LogP contribution in [0.2, 0.25) is 0 Å². The zero-order valence-corrected chi connectivity index (χ0v) is 9.36. The summed E-state index contributed by atoms with van der Waals surface area (Å²) in [7, 11) is 0. The van der Waals surface area contributed by atoms with E-state index in [-0.39, 0.29) is 12.0 Å². The van der Waals surface area contributed by atoms with E-state index in [0.717, 1.165) is 23.9 Å². The molecule has 84 valence electrons. The molecule has 1 heterocycles. The molecule has 0 spiro atoms. The zero-order chi connectivity index (χ0) is 11.2. The molecular weight excluding hydrogens is 202 g/mol. The van der Waals surface area contributed by atoms with Crippen molar-refractivity contribution in [2.24, 2.45) is 0 Å². The number of nitrogens with zero attached hydrogens (tertiary/aromatic N) is 1. The maximum Gasteiger partial charge on any atom is 0.192 e. The fourth-order valence-electron chi connectivity index (χ4n) is 2.51. The molecule has 0 amide bonds. The maximum atomic E-state index is 9.52. The number of rotatable bonds is 2. The minimum absolute atomic E-state index is 0.0190. The van der Waals surface area contributed by atoms with Crippen molar-refractivity contribution < 1.29 is 9.52 Å². The second kappa shape index (κ2) is 3.32. The number of benzene rings is 1. The Hall–Kier alpha value is -1.35. The Morgan fingerprint density at radius 3 is 2.88 bits per heavy atom. The van der Waals surface area contributed by atoms with Crippen LogP contribution in [-0.4, -0.2) is 16.7 Å². The van der Waals surface area contributed by atoms with Gasteiger partial charge in [0.1, 0.15) is 5.52 Å². The number of aromatic nitrogens is 1. The number of hydrogen-bond donors (Lipinski definition) is 1. The van der Waals surface area contributed by atoms with E-state index in [1.54, 1.807) is 0 Å². The largest absolute Gasteiger partial charge is 0.441 e. The Kier molecular flexibility index (Phi) is 2.04. The molecule has 1 aliphatic rings. The second-order valence-corrected chi connectivity index (χ2v) is 4.71. The fourth-order valence-corrected chi connectivity index (χ4v) is 2.51. The zero-order valence-electron chi connectivity index (χ0n) is 9.36. The molecule has 0 unspecified atom stereocenters. The normalized spacial score (nSPS) is 18.6. The van der Waals surface area contributed by atoms with Gasteiger partial charge < -0.3 is 9.52 Å². The molecule has 0 atom stereocenters. The van der Waals surface area contributed by atoms with Crippen LogP contribution in [0.4, 0.5) is 0 Å². The molecule has 0 saturated heterocycles. The predicted molar refractivity (Wildman–Crippen MR) is 61.4 cm³/mol. The molecule has 0 aliphatic heterocycles. The van der Waals surface area contributed by atoms with E-state index in [1.165, 1.54) is 12.0 Å². The first kappa shape index (κ1) is 9.85. The highest BCUT2D eigenvalue weighted by Gasteiger charge is 2.38. The van der Waals surface area contributed by atoms with Gasteiger partial charge in [-0.2, -0.15) is 0 Å². The quantitative estimate of drug-likeness (QED) is 0.840. The summed E-state index contributed by atoms with van der Waals surface area (Å²) in [5.41, 5.74) is 2.89. The molecule has 1 saturated carbocycles. The molecule has 16 heavy (non-hydrogen) atoms. The summed E-state index contributed by atoms with van der Waals surface area (Å²) in [4.78, 5) is 4.28. The van der Waals surface area contributed by atoms with Gasteiger partial charge in [-0.1, -0.05) is 12.5 Å². The summed E-state index contributed by atoms with van der Waals surface area (Å²) >= 11 is 0. The molecule has 1 N–H and O–H groups in total. The van der Waals surface area contributed by atoms with Crippen LogP contribution >= 0.6 is 0 Å². The first-order valence-corrected chi connectivity index (χ1v) is 5.72. The van der Waals surface area contributed by atoms with Crippen LogP contribution in [0.25, 0.3) is 11.1 Å². The molecule has 2 aromatic rings. The van der Waals surface area contributed by atoms with Gasteiger partial charge in [-0.05, 0) is 30.5 Å². The van der Waals surface area contributed by atoms with Gasteiger partial charge in [-0.3, -0.25) is 0 Å². The van der Waals surface area contributed by atoms with Crippen molar-refractivity contribution in [2.75, 3.05) is 6.61 Å². The van der Waals surface area contributed by atoms with Crippen molar-refractivity contribution in [3.05, 3.63) is 29.7 Å². The Morgan fingerprint density at radius 2 is 2.25 bits per heavy atom. The minimum atomic E-state index is -0.0190. The van der Waals surface area contributed by atoms with Gasteiger partial charge in [0.25, 0.3) is 0 Å². The Labute approximate surface area is 94.1 Å². The summed E-state index contributed by atoms with van der Waals surface area (Å²) in [5.74, 6) is 0.693. The number of fused-ring (bicyclic) bond motifs is 1. The molecule has 1 fully saturated rings. The molecule has 0 radical (unpaired) electrons. The van der Waals surface area contributed by atoms with Gasteiger partial charge in [-0.25, -0.2) is 4.98 Å². The predicted octanol–water partition coefficient (Wildman–Crippen LogP) is 2.55. The topological polar surface area (TPSA) is 46.3 Å². The van der Waals surface area contributed by atoms with Gasteiger partial charge in [0, 0.05) is 12.3 Å². The van der Waals surface area contributed by atoms with Crippen molar-refractivity contribution in [1.29, 1.82) is 0 Å². The third kappa shape index (κ3) is 1.28. The SMILES string of the molecule is Cc1nc2ccc(C3(CO)CCC3)cc2o1. The summed E-state index contributed by atoms with van der Waals surface area (Å²) in [6.45, 7) is 2.08. The van der Waals surface area contributed by atoms with E-state index in [0.29, 0.717) is 5.89 Å². The van der Waals surface area contributed by atoms with Crippen molar-refractivity contribution in [2.45, 2.75) is 31.6 Å². The second-order valence-electron chi connectivity index (χ2n) is 4.71. The highest BCUT2D eigenvalue weighted by Crippen LogP contribution is 2.43. The van der Waals surface area contributed by atoms with E-state index >= 15 is 0 Å². The monoisotopic (exact) mass is 217 g/mol. The lowest BCUT2D eigenvalue weighted by Gasteiger charge is -2.40. The average molecular weight is 217 g/mol. The summed E-state index contributed by atoms with van der Waals surface area (Å²) < 4.78 is 5.52. The molecular formula is C13H15NO2. The lowest BCUT2D eigenvalue weighted by atomic mass is 9.65. The van der Waals surface area contributed by atoms with Gasteiger partial charge in [0.05, 0.1) is 6.61 Å². The van der Waals surface area contributed by atoms with Gasteiger partial charge >= 0.3 is 0 Å². The van der Waals surface area contributed by atoms with Gasteiger partial charge in [0.2, 0.25) is 0 Å². The van der Waals surface area contributed by atoms with Crippen LogP contribution in [0.5, 0.6) is 0 Å². The highest BCUT2D eigenvalue weighted by atomic mass is 16.3. The van der Waals surface area contributed by atoms with Crippen LogP contribution in [0.3, 0.4) is 0 Å². The molecule has 3 nitrogen and oxygen atoms in total. The summed E-state index contributed by atoms with van der Waals surface area (Å²) in [6.07, 6.45) is 3.35. The third-order valence-corrected chi connectivity index (χ3v) is 3.72. The van der Waals surface area contributed by atoms with Crippen LogP contribution in [0, 0.1) is 6.92 Å². The Bertz CT molecular complexity index is 520. The molecule has 1 aromatic heterocycles. The lowest BCUT2D eigenvalue weighted by molar-refractivity contribution is 0.120. The maximum absolute atomic E-state index is 9.52. The van der Waals surface area contributed by atoms with Crippen LogP contribution in [0.1, 0.15) is 30.7 Å². The van der Waals surface area contributed by atoms with Crippen LogP contribution < -0.4 is 0 Å². The fraction of sp³-hybridized carbons (Fsp3) is 0.462. The Morgan fingerprint density at radius 1 is 1.44 bits per heavy atom. The number of aliphatic hydroxyl groups excluding tert-OH is 1. The van der Waals surface area contributed by atoms with E-state index in [9.17, 15) is 5.11 Å². The number of oxazole rings is 1. The van der Waals surface area contributed by atoms with E-state index in [2.05, 4.69) is 11.1 Å². The molecule has 3 rings (SSSR count). The van der Waals surface area contributed by atoms with Gasteiger partial charge in [-0.15, -0.1) is 0 Å².